The standard InChI is InChI=1S/C8H15NO2/c1-6(2)5-7(10-3)8(9)11-4/h5H,9H2,1-4H3/b8-7-. The van der Waals surface area contributed by atoms with Gasteiger partial charge >= 0.3 is 0 Å². The van der Waals surface area contributed by atoms with Crippen LogP contribution >= 0.6 is 0 Å². The normalized spacial score (nSPS) is 11.6. The van der Waals surface area contributed by atoms with Gasteiger partial charge in [-0.05, 0) is 19.9 Å². The van der Waals surface area contributed by atoms with E-state index in [1.54, 1.807) is 7.11 Å². The fourth-order valence-corrected chi connectivity index (χ4v) is 0.593. The van der Waals surface area contributed by atoms with E-state index in [1.807, 2.05) is 19.9 Å². The minimum absolute atomic E-state index is 0.300. The van der Waals surface area contributed by atoms with Gasteiger partial charge in [0.1, 0.15) is 0 Å². The Balaban J connectivity index is 4.52. The third-order valence-electron chi connectivity index (χ3n) is 1.10. The van der Waals surface area contributed by atoms with E-state index in [9.17, 15) is 0 Å². The van der Waals surface area contributed by atoms with Gasteiger partial charge in [-0.3, -0.25) is 0 Å². The summed E-state index contributed by atoms with van der Waals surface area (Å²) in [5.74, 6) is 0.862. The molecule has 0 aromatic rings. The Bertz CT molecular complexity index is 179. The first kappa shape index (κ1) is 9.88. The summed E-state index contributed by atoms with van der Waals surface area (Å²) < 4.78 is 9.76. The largest absolute Gasteiger partial charge is 0.491 e. The molecule has 0 spiro atoms. The van der Waals surface area contributed by atoms with Crippen molar-refractivity contribution in [3.8, 4) is 0 Å². The summed E-state index contributed by atoms with van der Waals surface area (Å²) in [6, 6.07) is 0. The minimum atomic E-state index is 0.300. The van der Waals surface area contributed by atoms with E-state index >= 15 is 0 Å². The Morgan fingerprint density at radius 2 is 1.73 bits per heavy atom. The maximum atomic E-state index is 5.46. The summed E-state index contributed by atoms with van der Waals surface area (Å²) >= 11 is 0. The monoisotopic (exact) mass is 157 g/mol. The van der Waals surface area contributed by atoms with Crippen molar-refractivity contribution in [2.45, 2.75) is 13.8 Å². The Morgan fingerprint density at radius 1 is 1.18 bits per heavy atom. The van der Waals surface area contributed by atoms with E-state index in [2.05, 4.69) is 0 Å². The van der Waals surface area contributed by atoms with Crippen LogP contribution in [0.15, 0.2) is 23.3 Å². The molecule has 0 rings (SSSR count). The molecule has 0 aromatic carbocycles. The van der Waals surface area contributed by atoms with Gasteiger partial charge in [0.15, 0.2) is 5.76 Å². The fraction of sp³-hybridized carbons (Fsp3) is 0.500. The highest BCUT2D eigenvalue weighted by atomic mass is 16.5. The summed E-state index contributed by atoms with van der Waals surface area (Å²) in [6.45, 7) is 3.92. The van der Waals surface area contributed by atoms with Crippen LogP contribution < -0.4 is 5.73 Å². The Morgan fingerprint density at radius 3 is 2.00 bits per heavy atom. The van der Waals surface area contributed by atoms with Crippen LogP contribution in [0.4, 0.5) is 0 Å². The molecule has 64 valence electrons. The van der Waals surface area contributed by atoms with Crippen LogP contribution in [0.2, 0.25) is 0 Å². The van der Waals surface area contributed by atoms with Gasteiger partial charge in [-0.15, -0.1) is 0 Å². The van der Waals surface area contributed by atoms with Crippen LogP contribution in [0.5, 0.6) is 0 Å². The lowest BCUT2D eigenvalue weighted by Gasteiger charge is -2.05. The number of methoxy groups -OCH3 is 2. The average molecular weight is 157 g/mol. The molecule has 2 N–H and O–H groups in total. The molecule has 0 radical (unpaired) electrons. The number of allylic oxidation sites excluding steroid dienone is 2. The molecule has 0 bridgehead atoms. The highest BCUT2D eigenvalue weighted by Gasteiger charge is 1.98. The summed E-state index contributed by atoms with van der Waals surface area (Å²) in [6.07, 6.45) is 1.82. The van der Waals surface area contributed by atoms with Crippen LogP contribution in [-0.2, 0) is 9.47 Å². The molecule has 3 nitrogen and oxygen atoms in total. The molecule has 0 saturated heterocycles. The third kappa shape index (κ3) is 3.55. The van der Waals surface area contributed by atoms with E-state index in [0.29, 0.717) is 11.6 Å². The lowest BCUT2D eigenvalue weighted by molar-refractivity contribution is 0.228. The third-order valence-corrected chi connectivity index (χ3v) is 1.10. The van der Waals surface area contributed by atoms with Crippen molar-refractivity contribution in [1.82, 2.24) is 0 Å². The number of rotatable bonds is 3. The molecule has 0 fully saturated rings. The van der Waals surface area contributed by atoms with Gasteiger partial charge in [0.25, 0.3) is 0 Å². The van der Waals surface area contributed by atoms with E-state index < -0.39 is 0 Å². The summed E-state index contributed by atoms with van der Waals surface area (Å²) in [7, 11) is 3.06. The van der Waals surface area contributed by atoms with E-state index in [0.717, 1.165) is 5.57 Å². The minimum Gasteiger partial charge on any atom is -0.491 e. The van der Waals surface area contributed by atoms with Gasteiger partial charge < -0.3 is 15.2 Å². The van der Waals surface area contributed by atoms with Crippen LogP contribution in [0.25, 0.3) is 0 Å². The molecule has 0 atom stereocenters. The van der Waals surface area contributed by atoms with Gasteiger partial charge in [0, 0.05) is 0 Å². The summed E-state index contributed by atoms with van der Waals surface area (Å²) in [5, 5.41) is 0. The summed E-state index contributed by atoms with van der Waals surface area (Å²) in [5.41, 5.74) is 6.58. The van der Waals surface area contributed by atoms with Gasteiger partial charge in [0.2, 0.25) is 5.88 Å². The lowest BCUT2D eigenvalue weighted by atomic mass is 10.3. The lowest BCUT2D eigenvalue weighted by Crippen LogP contribution is -2.04. The molecular weight excluding hydrogens is 142 g/mol. The number of hydrogen-bond acceptors (Lipinski definition) is 3. The van der Waals surface area contributed by atoms with Gasteiger partial charge in [-0.1, -0.05) is 5.57 Å². The number of hydrogen-bond donors (Lipinski definition) is 1. The van der Waals surface area contributed by atoms with Crippen LogP contribution in [-0.4, -0.2) is 14.2 Å². The Labute approximate surface area is 67.5 Å². The zero-order chi connectivity index (χ0) is 8.85. The maximum Gasteiger partial charge on any atom is 0.227 e. The molecule has 3 heteroatoms. The average Bonchev–Trinajstić information content (AvgIpc) is 1.98. The molecule has 0 aliphatic carbocycles. The second kappa shape index (κ2) is 4.66. The first-order chi connectivity index (χ1) is 5.11. The number of ether oxygens (including phenoxy) is 2. The molecular formula is C8H15NO2. The van der Waals surface area contributed by atoms with Crippen molar-refractivity contribution < 1.29 is 9.47 Å². The fourth-order valence-electron chi connectivity index (χ4n) is 0.593. The first-order valence-corrected chi connectivity index (χ1v) is 3.34. The van der Waals surface area contributed by atoms with Crippen molar-refractivity contribution in [2.24, 2.45) is 5.73 Å². The van der Waals surface area contributed by atoms with Crippen molar-refractivity contribution in [3.63, 3.8) is 0 Å². The predicted molar refractivity (Wildman–Crippen MR) is 44.7 cm³/mol. The second-order valence-electron chi connectivity index (χ2n) is 2.36. The van der Waals surface area contributed by atoms with Crippen molar-refractivity contribution in [2.75, 3.05) is 14.2 Å². The number of nitrogens with two attached hydrogens (primary N) is 1. The smallest absolute Gasteiger partial charge is 0.227 e. The van der Waals surface area contributed by atoms with Crippen molar-refractivity contribution in [1.29, 1.82) is 0 Å². The topological polar surface area (TPSA) is 44.5 Å². The molecule has 0 aliphatic rings. The first-order valence-electron chi connectivity index (χ1n) is 3.34. The zero-order valence-electron chi connectivity index (χ0n) is 7.47. The Hall–Kier alpha value is -1.12. The molecule has 11 heavy (non-hydrogen) atoms. The van der Waals surface area contributed by atoms with Crippen LogP contribution in [0.1, 0.15) is 13.8 Å². The quantitative estimate of drug-likeness (QED) is 0.497. The van der Waals surface area contributed by atoms with Gasteiger partial charge in [-0.2, -0.15) is 0 Å². The van der Waals surface area contributed by atoms with E-state index in [-0.39, 0.29) is 0 Å². The highest BCUT2D eigenvalue weighted by Crippen LogP contribution is 2.05. The molecule has 0 amide bonds. The van der Waals surface area contributed by atoms with E-state index in [4.69, 9.17) is 15.2 Å². The SMILES string of the molecule is CO/C(N)=C(/C=C(C)C)OC. The summed E-state index contributed by atoms with van der Waals surface area (Å²) in [4.78, 5) is 0. The molecule has 0 saturated carbocycles. The molecule has 0 aromatic heterocycles. The molecule has 0 heterocycles. The van der Waals surface area contributed by atoms with Crippen LogP contribution in [0.3, 0.4) is 0 Å². The highest BCUT2D eigenvalue weighted by molar-refractivity contribution is 5.17. The maximum absolute atomic E-state index is 5.46. The predicted octanol–water partition coefficient (Wildman–Crippen LogP) is 1.37. The second-order valence-corrected chi connectivity index (χ2v) is 2.36. The van der Waals surface area contributed by atoms with Crippen molar-refractivity contribution in [3.05, 3.63) is 23.3 Å². The van der Waals surface area contributed by atoms with Crippen molar-refractivity contribution >= 4 is 0 Å². The Kier molecular flexibility index (Phi) is 4.18. The molecule has 0 aliphatic heterocycles. The van der Waals surface area contributed by atoms with Gasteiger partial charge in [-0.25, -0.2) is 0 Å². The molecule has 0 unspecified atom stereocenters. The van der Waals surface area contributed by atoms with Gasteiger partial charge in [0.05, 0.1) is 14.2 Å². The van der Waals surface area contributed by atoms with E-state index in [1.165, 1.54) is 7.11 Å². The zero-order valence-corrected chi connectivity index (χ0v) is 7.47. The van der Waals surface area contributed by atoms with Crippen LogP contribution in [0, 0.1) is 0 Å².